The Balaban J connectivity index is 2.18. The summed E-state index contributed by atoms with van der Waals surface area (Å²) in [4.78, 5) is 10.9. The van der Waals surface area contributed by atoms with Gasteiger partial charge in [0.1, 0.15) is 5.75 Å². The zero-order valence-corrected chi connectivity index (χ0v) is 15.8. The molecule has 3 rings (SSSR count). The highest BCUT2D eigenvalue weighted by Gasteiger charge is 2.43. The number of alkyl halides is 3. The number of sulfonamides is 1. The summed E-state index contributed by atoms with van der Waals surface area (Å²) in [5, 5.41) is -0.263. The molecule has 0 spiro atoms. The molecule has 1 atom stereocenters. The largest absolute Gasteiger partial charge is 0.475 e. The SMILES string of the molecule is COC(=O)[C@H]1CN(S(=O)(=O)c2ccc(Cl)cc2C(F)(F)F)c2ccccc2O1. The maximum absolute atomic E-state index is 13.4. The number of hydrogen-bond donors (Lipinski definition) is 0. The molecule has 11 heteroatoms. The van der Waals surface area contributed by atoms with Crippen molar-refractivity contribution in [2.75, 3.05) is 18.0 Å². The van der Waals surface area contributed by atoms with Crippen molar-refractivity contribution in [1.82, 2.24) is 0 Å². The van der Waals surface area contributed by atoms with Crippen LogP contribution < -0.4 is 9.04 Å². The van der Waals surface area contributed by atoms with Gasteiger partial charge < -0.3 is 9.47 Å². The molecule has 0 unspecified atom stereocenters. The van der Waals surface area contributed by atoms with Gasteiger partial charge in [-0.3, -0.25) is 4.31 Å². The third kappa shape index (κ3) is 3.61. The van der Waals surface area contributed by atoms with Crippen LogP contribution in [0.4, 0.5) is 18.9 Å². The molecule has 150 valence electrons. The molecule has 2 aromatic carbocycles. The van der Waals surface area contributed by atoms with Gasteiger partial charge in [-0.2, -0.15) is 13.2 Å². The van der Waals surface area contributed by atoms with Gasteiger partial charge in [-0.05, 0) is 30.3 Å². The zero-order valence-electron chi connectivity index (χ0n) is 14.2. The minimum absolute atomic E-state index is 0.00530. The first-order valence-electron chi connectivity index (χ1n) is 7.78. The predicted octanol–water partition coefficient (Wildman–Crippen LogP) is 3.49. The molecule has 0 radical (unpaired) electrons. The summed E-state index contributed by atoms with van der Waals surface area (Å²) in [5.41, 5.74) is -1.40. The number of esters is 1. The molecule has 2 aromatic rings. The van der Waals surface area contributed by atoms with Crippen LogP contribution in [0.5, 0.6) is 5.75 Å². The number of methoxy groups -OCH3 is 1. The minimum Gasteiger partial charge on any atom is -0.475 e. The van der Waals surface area contributed by atoms with E-state index in [-0.39, 0.29) is 16.5 Å². The summed E-state index contributed by atoms with van der Waals surface area (Å²) in [6, 6.07) is 8.17. The van der Waals surface area contributed by atoms with Gasteiger partial charge in [-0.1, -0.05) is 23.7 Å². The van der Waals surface area contributed by atoms with Gasteiger partial charge in [-0.25, -0.2) is 13.2 Å². The van der Waals surface area contributed by atoms with Crippen LogP contribution in [-0.2, 0) is 25.7 Å². The molecule has 28 heavy (non-hydrogen) atoms. The van der Waals surface area contributed by atoms with Crippen LogP contribution >= 0.6 is 11.6 Å². The van der Waals surface area contributed by atoms with Crippen LogP contribution in [0.25, 0.3) is 0 Å². The Morgan fingerprint density at radius 2 is 1.93 bits per heavy atom. The second kappa shape index (κ2) is 7.17. The van der Waals surface area contributed by atoms with Gasteiger partial charge in [0.25, 0.3) is 10.0 Å². The average molecular weight is 436 g/mol. The van der Waals surface area contributed by atoms with Crippen molar-refractivity contribution < 1.29 is 35.9 Å². The number of fused-ring (bicyclic) bond motifs is 1. The van der Waals surface area contributed by atoms with Crippen LogP contribution in [0.1, 0.15) is 5.56 Å². The van der Waals surface area contributed by atoms with E-state index in [1.807, 2.05) is 0 Å². The first-order chi connectivity index (χ1) is 13.1. The normalized spacial score (nSPS) is 16.9. The molecule has 0 aromatic heterocycles. The lowest BCUT2D eigenvalue weighted by Crippen LogP contribution is -2.47. The lowest BCUT2D eigenvalue weighted by molar-refractivity contribution is -0.148. The number of anilines is 1. The fourth-order valence-corrected chi connectivity index (χ4v) is 4.59. The van der Waals surface area contributed by atoms with Gasteiger partial charge in [0.2, 0.25) is 6.10 Å². The molecular weight excluding hydrogens is 423 g/mol. The maximum Gasteiger partial charge on any atom is 0.417 e. The third-order valence-electron chi connectivity index (χ3n) is 4.01. The molecule has 0 amide bonds. The van der Waals surface area contributed by atoms with E-state index in [4.69, 9.17) is 16.3 Å². The molecule has 0 aliphatic carbocycles. The fourth-order valence-electron chi connectivity index (χ4n) is 2.75. The summed E-state index contributed by atoms with van der Waals surface area (Å²) < 4.78 is 77.4. The second-order valence-corrected chi connectivity index (χ2v) is 8.04. The molecule has 0 N–H and O–H groups in total. The molecule has 6 nitrogen and oxygen atoms in total. The van der Waals surface area contributed by atoms with Gasteiger partial charge in [-0.15, -0.1) is 0 Å². The van der Waals surface area contributed by atoms with Crippen molar-refractivity contribution >= 4 is 33.3 Å². The van der Waals surface area contributed by atoms with Crippen LogP contribution in [0, 0.1) is 0 Å². The summed E-state index contributed by atoms with van der Waals surface area (Å²) in [6.07, 6.45) is -6.29. The average Bonchev–Trinajstić information content (AvgIpc) is 2.65. The number of ether oxygens (including phenoxy) is 2. The van der Waals surface area contributed by atoms with E-state index in [0.717, 1.165) is 19.2 Å². The number of nitrogens with zero attached hydrogens (tertiary/aromatic N) is 1. The van der Waals surface area contributed by atoms with Gasteiger partial charge in [0, 0.05) is 5.02 Å². The van der Waals surface area contributed by atoms with E-state index in [1.54, 1.807) is 0 Å². The Hall–Kier alpha value is -2.46. The van der Waals surface area contributed by atoms with E-state index < -0.39 is 45.3 Å². The van der Waals surface area contributed by atoms with Crippen molar-refractivity contribution in [2.24, 2.45) is 0 Å². The van der Waals surface area contributed by atoms with Crippen molar-refractivity contribution in [1.29, 1.82) is 0 Å². The maximum atomic E-state index is 13.4. The number of halogens is 4. The van der Waals surface area contributed by atoms with Crippen molar-refractivity contribution in [3.8, 4) is 5.75 Å². The van der Waals surface area contributed by atoms with Crippen molar-refractivity contribution in [3.63, 3.8) is 0 Å². The molecule has 1 aliphatic rings. The molecule has 0 saturated heterocycles. The summed E-state index contributed by atoms with van der Waals surface area (Å²) in [6.45, 7) is -0.550. The van der Waals surface area contributed by atoms with E-state index >= 15 is 0 Å². The van der Waals surface area contributed by atoms with E-state index in [2.05, 4.69) is 4.74 Å². The van der Waals surface area contributed by atoms with Crippen LogP contribution in [-0.4, -0.2) is 34.1 Å². The Morgan fingerprint density at radius 1 is 1.25 bits per heavy atom. The topological polar surface area (TPSA) is 72.9 Å². The highest BCUT2D eigenvalue weighted by atomic mass is 35.5. The zero-order chi connectivity index (χ0) is 20.7. The van der Waals surface area contributed by atoms with E-state index in [0.29, 0.717) is 10.4 Å². The Morgan fingerprint density at radius 3 is 2.57 bits per heavy atom. The Labute approximate surface area is 163 Å². The highest BCUT2D eigenvalue weighted by molar-refractivity contribution is 7.93. The van der Waals surface area contributed by atoms with Gasteiger partial charge in [0.15, 0.2) is 0 Å². The Bertz CT molecular complexity index is 1030. The highest BCUT2D eigenvalue weighted by Crippen LogP contribution is 2.41. The predicted molar refractivity (Wildman–Crippen MR) is 93.9 cm³/mol. The lowest BCUT2D eigenvalue weighted by atomic mass is 10.2. The second-order valence-electron chi connectivity index (χ2n) is 5.77. The number of para-hydroxylation sites is 2. The summed E-state index contributed by atoms with van der Waals surface area (Å²) in [7, 11) is -3.62. The smallest absolute Gasteiger partial charge is 0.417 e. The van der Waals surface area contributed by atoms with Crippen LogP contribution in [0.2, 0.25) is 5.02 Å². The number of carbonyl (C=O) groups excluding carboxylic acids is 1. The monoisotopic (exact) mass is 435 g/mol. The summed E-state index contributed by atoms with van der Waals surface area (Å²) >= 11 is 5.63. The molecular formula is C17H13ClF3NO5S. The fraction of sp³-hybridized carbons (Fsp3) is 0.235. The molecule has 0 bridgehead atoms. The number of hydrogen-bond acceptors (Lipinski definition) is 5. The van der Waals surface area contributed by atoms with Crippen LogP contribution in [0.15, 0.2) is 47.4 Å². The first-order valence-corrected chi connectivity index (χ1v) is 9.60. The molecule has 1 heterocycles. The quantitative estimate of drug-likeness (QED) is 0.690. The standard InChI is InChI=1S/C17H13ClF3NO5S/c1-26-16(23)14-9-22(12-4-2-3-5-13(12)27-14)28(24,25)15-7-6-10(18)8-11(15)17(19,20)21/h2-8,14H,9H2,1H3/t14-/m1/s1. The number of carbonyl (C=O) groups is 1. The lowest BCUT2D eigenvalue weighted by Gasteiger charge is -2.34. The van der Waals surface area contributed by atoms with E-state index in [1.165, 1.54) is 24.3 Å². The number of rotatable bonds is 3. The third-order valence-corrected chi connectivity index (χ3v) is 6.09. The van der Waals surface area contributed by atoms with Crippen molar-refractivity contribution in [2.45, 2.75) is 17.2 Å². The van der Waals surface area contributed by atoms with Crippen LogP contribution in [0.3, 0.4) is 0 Å². The van der Waals surface area contributed by atoms with Crippen molar-refractivity contribution in [3.05, 3.63) is 53.1 Å². The van der Waals surface area contributed by atoms with E-state index in [9.17, 15) is 26.4 Å². The molecule has 0 saturated carbocycles. The van der Waals surface area contributed by atoms with Gasteiger partial charge >= 0.3 is 12.1 Å². The number of benzene rings is 2. The molecule has 0 fully saturated rings. The first kappa shape index (κ1) is 20.3. The summed E-state index contributed by atoms with van der Waals surface area (Å²) in [5.74, 6) is -0.836. The Kier molecular flexibility index (Phi) is 5.20. The molecule has 1 aliphatic heterocycles. The van der Waals surface area contributed by atoms with Gasteiger partial charge in [0.05, 0.1) is 29.8 Å². The minimum atomic E-state index is -4.96.